The molecular formula is C21H32P2. The van der Waals surface area contributed by atoms with E-state index in [4.69, 9.17) is 0 Å². The minimum atomic E-state index is -0.104. The first kappa shape index (κ1) is 18.9. The molecule has 0 spiro atoms. The van der Waals surface area contributed by atoms with Gasteiger partial charge in [0.25, 0.3) is 0 Å². The third-order valence-electron chi connectivity index (χ3n) is 4.39. The van der Waals surface area contributed by atoms with Crippen molar-refractivity contribution in [1.82, 2.24) is 0 Å². The van der Waals surface area contributed by atoms with Gasteiger partial charge in [0.2, 0.25) is 0 Å². The van der Waals surface area contributed by atoms with Crippen molar-refractivity contribution in [3.63, 3.8) is 0 Å². The van der Waals surface area contributed by atoms with Crippen LogP contribution < -0.4 is 5.30 Å². The monoisotopic (exact) mass is 346 g/mol. The predicted molar refractivity (Wildman–Crippen MR) is 111 cm³/mol. The molecule has 0 bridgehead atoms. The first-order valence-electron chi connectivity index (χ1n) is 8.60. The third kappa shape index (κ3) is 4.78. The highest BCUT2D eigenvalue weighted by Crippen LogP contribution is 2.65. The molecule has 1 aliphatic carbocycles. The number of hydrogen-bond donors (Lipinski definition) is 0. The minimum Gasteiger partial charge on any atom is -0.0918 e. The van der Waals surface area contributed by atoms with Gasteiger partial charge in [0, 0.05) is 5.92 Å². The van der Waals surface area contributed by atoms with Crippen molar-refractivity contribution in [3.8, 4) is 0 Å². The van der Waals surface area contributed by atoms with Crippen LogP contribution in [-0.2, 0) is 0 Å². The molecular weight excluding hydrogens is 314 g/mol. The molecule has 126 valence electrons. The fourth-order valence-corrected chi connectivity index (χ4v) is 10.7. The van der Waals surface area contributed by atoms with Crippen molar-refractivity contribution in [2.75, 3.05) is 0 Å². The summed E-state index contributed by atoms with van der Waals surface area (Å²) in [5, 5.41) is 3.83. The molecule has 0 saturated carbocycles. The molecule has 0 N–H and O–H groups in total. The summed E-state index contributed by atoms with van der Waals surface area (Å²) in [5.41, 5.74) is 0.714. The molecule has 23 heavy (non-hydrogen) atoms. The van der Waals surface area contributed by atoms with E-state index in [0.717, 1.165) is 8.58 Å². The normalized spacial score (nSPS) is 20.5. The number of hydrogen-bond acceptors (Lipinski definition) is 0. The van der Waals surface area contributed by atoms with E-state index < -0.39 is 0 Å². The van der Waals surface area contributed by atoms with Crippen LogP contribution >= 0.6 is 16.5 Å². The molecule has 2 rings (SSSR count). The molecule has 0 nitrogen and oxygen atoms in total. The average molecular weight is 346 g/mol. The second-order valence-electron chi connectivity index (χ2n) is 8.48. The standard InChI is InChI=1S/C21H32P2/c1-16(23(20(2,3)4)21(5,6)7)18-14-11-15-19(18)22-17-12-9-8-10-13-17/h8-16,18,22H,1-7H3/t16-,18?/m0/s1. The van der Waals surface area contributed by atoms with Crippen molar-refractivity contribution in [1.29, 1.82) is 0 Å². The van der Waals surface area contributed by atoms with Gasteiger partial charge in [-0.1, -0.05) is 114 Å². The summed E-state index contributed by atoms with van der Waals surface area (Å²) in [7, 11) is 0.696. The van der Waals surface area contributed by atoms with Gasteiger partial charge >= 0.3 is 0 Å². The Morgan fingerprint density at radius 2 is 1.52 bits per heavy atom. The lowest BCUT2D eigenvalue weighted by molar-refractivity contribution is 0.658. The highest BCUT2D eigenvalue weighted by molar-refractivity contribution is 7.61. The van der Waals surface area contributed by atoms with Gasteiger partial charge in [-0.2, -0.15) is 0 Å². The van der Waals surface area contributed by atoms with Crippen molar-refractivity contribution in [2.45, 2.75) is 64.4 Å². The van der Waals surface area contributed by atoms with Gasteiger partial charge in [-0.05, 0) is 26.6 Å². The Balaban J connectivity index is 2.22. The first-order chi connectivity index (χ1) is 10.6. The topological polar surface area (TPSA) is 0 Å². The Morgan fingerprint density at radius 1 is 0.957 bits per heavy atom. The molecule has 2 heteroatoms. The van der Waals surface area contributed by atoms with E-state index in [2.05, 4.69) is 97.0 Å². The molecule has 0 aliphatic heterocycles. The fourth-order valence-electron chi connectivity index (χ4n) is 4.12. The van der Waals surface area contributed by atoms with Crippen molar-refractivity contribution in [3.05, 3.63) is 53.9 Å². The maximum Gasteiger partial charge on any atom is 0.00914 e. The predicted octanol–water partition coefficient (Wildman–Crippen LogP) is 6.53. The number of benzene rings is 1. The van der Waals surface area contributed by atoms with Gasteiger partial charge in [0.1, 0.15) is 0 Å². The molecule has 0 fully saturated rings. The van der Waals surface area contributed by atoms with Crippen LogP contribution in [0, 0.1) is 5.92 Å². The molecule has 2 unspecified atom stereocenters. The van der Waals surface area contributed by atoms with Crippen molar-refractivity contribution >= 4 is 21.8 Å². The van der Waals surface area contributed by atoms with Crippen molar-refractivity contribution in [2.24, 2.45) is 5.92 Å². The largest absolute Gasteiger partial charge is 0.0918 e. The van der Waals surface area contributed by atoms with Crippen LogP contribution in [0.4, 0.5) is 0 Å². The Morgan fingerprint density at radius 3 is 2.04 bits per heavy atom. The van der Waals surface area contributed by atoms with E-state index in [0.29, 0.717) is 21.9 Å². The van der Waals surface area contributed by atoms with Gasteiger partial charge in [-0.15, -0.1) is 0 Å². The zero-order chi connectivity index (χ0) is 17.3. The van der Waals surface area contributed by atoms with Crippen LogP contribution in [0.15, 0.2) is 53.9 Å². The van der Waals surface area contributed by atoms with Gasteiger partial charge in [0.05, 0.1) is 0 Å². The zero-order valence-corrected chi connectivity index (χ0v) is 17.6. The van der Waals surface area contributed by atoms with Crippen LogP contribution in [0.3, 0.4) is 0 Å². The summed E-state index contributed by atoms with van der Waals surface area (Å²) in [5.74, 6) is 0.609. The van der Waals surface area contributed by atoms with Crippen LogP contribution in [-0.4, -0.2) is 16.0 Å². The van der Waals surface area contributed by atoms with Crippen LogP contribution in [0.25, 0.3) is 0 Å². The van der Waals surface area contributed by atoms with Crippen LogP contribution in [0.5, 0.6) is 0 Å². The van der Waals surface area contributed by atoms with Gasteiger partial charge in [-0.25, -0.2) is 0 Å². The van der Waals surface area contributed by atoms with E-state index in [1.165, 1.54) is 5.30 Å². The minimum absolute atomic E-state index is 0.104. The summed E-state index contributed by atoms with van der Waals surface area (Å²) in [6.07, 6.45) is 7.10. The maximum absolute atomic E-state index is 2.49. The Hall–Kier alpha value is -0.440. The Kier molecular flexibility index (Phi) is 5.92. The first-order valence-corrected chi connectivity index (χ1v) is 11.0. The smallest absolute Gasteiger partial charge is 0.00914 e. The maximum atomic E-state index is 2.49. The molecule has 1 aromatic carbocycles. The van der Waals surface area contributed by atoms with E-state index in [9.17, 15) is 0 Å². The highest BCUT2D eigenvalue weighted by atomic mass is 31.1. The molecule has 0 aromatic heterocycles. The highest BCUT2D eigenvalue weighted by Gasteiger charge is 2.41. The number of rotatable bonds is 4. The van der Waals surface area contributed by atoms with Crippen molar-refractivity contribution < 1.29 is 0 Å². The second kappa shape index (κ2) is 7.21. The van der Waals surface area contributed by atoms with Crippen LogP contribution in [0.1, 0.15) is 48.5 Å². The lowest BCUT2D eigenvalue weighted by Crippen LogP contribution is -2.33. The van der Waals surface area contributed by atoms with Gasteiger partial charge in [-0.3, -0.25) is 0 Å². The fraction of sp³-hybridized carbons (Fsp3) is 0.524. The van der Waals surface area contributed by atoms with Crippen LogP contribution in [0.2, 0.25) is 0 Å². The van der Waals surface area contributed by atoms with E-state index >= 15 is 0 Å². The molecule has 1 aliphatic rings. The zero-order valence-electron chi connectivity index (χ0n) is 15.7. The molecule has 0 heterocycles. The van der Waals surface area contributed by atoms with E-state index in [-0.39, 0.29) is 7.92 Å². The lowest BCUT2D eigenvalue weighted by Gasteiger charge is -2.47. The number of allylic oxidation sites excluding steroid dienone is 4. The molecule has 1 aromatic rings. The van der Waals surface area contributed by atoms with E-state index in [1.54, 1.807) is 5.31 Å². The van der Waals surface area contributed by atoms with E-state index in [1.807, 2.05) is 0 Å². The lowest BCUT2D eigenvalue weighted by atomic mass is 10.1. The third-order valence-corrected chi connectivity index (χ3v) is 9.83. The summed E-state index contributed by atoms with van der Waals surface area (Å²) in [6, 6.07) is 10.9. The average Bonchev–Trinajstić information content (AvgIpc) is 2.84. The second-order valence-corrected chi connectivity index (χ2v) is 14.1. The molecule has 0 amide bonds. The summed E-state index contributed by atoms with van der Waals surface area (Å²) in [6.45, 7) is 17.1. The summed E-state index contributed by atoms with van der Waals surface area (Å²) < 4.78 is 0. The molecule has 3 atom stereocenters. The Bertz CT molecular complexity index is 556. The summed E-state index contributed by atoms with van der Waals surface area (Å²) in [4.78, 5) is 0. The summed E-state index contributed by atoms with van der Waals surface area (Å²) >= 11 is 0. The van der Waals surface area contributed by atoms with Gasteiger partial charge < -0.3 is 0 Å². The Labute approximate surface area is 146 Å². The molecule has 0 saturated heterocycles. The SMILES string of the molecule is C[C@@H](C1C=CC=C1Pc1ccccc1)P(C(C)(C)C)C(C)(C)C. The van der Waals surface area contributed by atoms with Gasteiger partial charge in [0.15, 0.2) is 0 Å². The molecule has 0 radical (unpaired) electrons. The quantitative estimate of drug-likeness (QED) is 0.544.